The number of ether oxygens (including phenoxy) is 24. The Labute approximate surface area is 675 Å². The fourth-order valence-corrected chi connectivity index (χ4v) is 9.81. The van der Waals surface area contributed by atoms with Crippen molar-refractivity contribution in [2.24, 2.45) is 23.7 Å². The highest BCUT2D eigenvalue weighted by atomic mass is 16.6. The van der Waals surface area contributed by atoms with Crippen LogP contribution in [0.15, 0.2) is 24.3 Å². The van der Waals surface area contributed by atoms with E-state index in [0.29, 0.717) is 335 Å². The van der Waals surface area contributed by atoms with E-state index in [1.807, 2.05) is 13.8 Å². The molecule has 113 heavy (non-hydrogen) atoms. The number of unbranched alkanes of at least 4 members (excludes halogenated alkanes) is 3. The van der Waals surface area contributed by atoms with E-state index in [0.717, 1.165) is 37.7 Å². The standard InChI is InChI=1S/C81H149N3O29/c1-70(2)14-13-16-78(87)84-79(71(3)4)76(85)68-74(80(88)83-75-19-17-73(18-20-75)69-113-81(89)72(5)6)15-9-10-22-82-77(86)21-25-93-30-33-97-38-41-99-39-36-95-31-28-91-23-11-8-12-24-92-29-32-96-37-40-100-44-45-102-48-49-104-52-53-106-56-57-108-60-61-110-64-65-112-67-66-111-63-62-109-59-58-107-55-54-105-51-50-103-47-46-101-43-42-98-35-34-94-27-26-90-7/h17-20,70-72,74,79H,8-16,21-69H2,1-7H3,(H,82,86)(H,83,88)(H,84,87)/t74-,79+/m1/s1. The van der Waals surface area contributed by atoms with Gasteiger partial charge < -0.3 is 130 Å². The monoisotopic (exact) mass is 1630 g/mol. The summed E-state index contributed by atoms with van der Waals surface area (Å²) in [5.41, 5.74) is 1.31. The lowest BCUT2D eigenvalue weighted by atomic mass is 9.89. The van der Waals surface area contributed by atoms with Crippen molar-refractivity contribution in [2.75, 3.05) is 316 Å². The molecule has 1 rings (SSSR count). The number of anilines is 1. The minimum absolute atomic E-state index is 0.0481. The molecular formula is C81H149N3O29. The van der Waals surface area contributed by atoms with Gasteiger partial charge in [0.05, 0.1) is 296 Å². The van der Waals surface area contributed by atoms with Crippen LogP contribution in [0.2, 0.25) is 0 Å². The molecule has 1 aromatic carbocycles. The van der Waals surface area contributed by atoms with Crippen LogP contribution in [0.1, 0.15) is 118 Å². The van der Waals surface area contributed by atoms with E-state index < -0.39 is 12.0 Å². The fraction of sp³-hybridized carbons (Fsp3) is 0.864. The zero-order valence-electron chi connectivity index (χ0n) is 70.0. The summed E-state index contributed by atoms with van der Waals surface area (Å²) < 4.78 is 132. The maximum absolute atomic E-state index is 13.7. The number of Topliss-reactive ketones (excluding diaryl/α,β-unsaturated/α-hetero) is 1. The van der Waals surface area contributed by atoms with Crippen molar-refractivity contribution in [2.45, 2.75) is 125 Å². The summed E-state index contributed by atoms with van der Waals surface area (Å²) in [6.45, 7) is 34.0. The quantitative estimate of drug-likeness (QED) is 0.0449. The first-order valence-corrected chi connectivity index (χ1v) is 41.2. The summed E-state index contributed by atoms with van der Waals surface area (Å²) in [5.74, 6) is -1.73. The lowest BCUT2D eigenvalue weighted by Gasteiger charge is -2.24. The number of hydrogen-bond acceptors (Lipinski definition) is 29. The molecule has 0 radical (unpaired) electrons. The zero-order valence-corrected chi connectivity index (χ0v) is 70.0. The predicted octanol–water partition coefficient (Wildman–Crippen LogP) is 6.73. The van der Waals surface area contributed by atoms with Crippen LogP contribution in [0, 0.1) is 23.7 Å². The smallest absolute Gasteiger partial charge is 0.308 e. The minimum atomic E-state index is -0.718. The SMILES string of the molecule is COCCOCCOCCOCCOCCOCCOCCOCCOCCOCCOCCOCCOCCOCCOCCOCCOCCOCCCCCOCCOCCOCCOCCOCCC(=O)NCCCC[C@H](CC(=O)[C@@H](NC(=O)CCCC(C)C)C(C)C)C(=O)Nc1ccc(COC(=O)C(C)C)cc1. The minimum Gasteiger partial charge on any atom is -0.461 e. The molecule has 0 aliphatic carbocycles. The van der Waals surface area contributed by atoms with Crippen molar-refractivity contribution in [3.63, 3.8) is 0 Å². The van der Waals surface area contributed by atoms with Crippen LogP contribution in [0.3, 0.4) is 0 Å². The first kappa shape index (κ1) is 107. The number of nitrogens with one attached hydrogen (secondary N) is 3. The van der Waals surface area contributed by atoms with Crippen LogP contribution < -0.4 is 16.0 Å². The van der Waals surface area contributed by atoms with Crippen LogP contribution in [0.4, 0.5) is 5.69 Å². The van der Waals surface area contributed by atoms with Gasteiger partial charge in [0.1, 0.15) is 6.61 Å². The van der Waals surface area contributed by atoms with Crippen molar-refractivity contribution in [3.8, 4) is 0 Å². The third-order valence-corrected chi connectivity index (χ3v) is 16.1. The highest BCUT2D eigenvalue weighted by molar-refractivity contribution is 5.97. The van der Waals surface area contributed by atoms with Crippen molar-refractivity contribution in [1.29, 1.82) is 0 Å². The topological polar surface area (TPSA) is 343 Å². The normalized spacial score (nSPS) is 12.2. The Kier molecular flexibility index (Phi) is 79.7. The van der Waals surface area contributed by atoms with Crippen molar-refractivity contribution < 1.29 is 138 Å². The number of esters is 1. The molecule has 32 heteroatoms. The van der Waals surface area contributed by atoms with Gasteiger partial charge in [-0.05, 0) is 68.1 Å². The van der Waals surface area contributed by atoms with E-state index in [-0.39, 0.29) is 67.4 Å². The van der Waals surface area contributed by atoms with Gasteiger partial charge in [-0.1, -0.05) is 66.5 Å². The molecule has 0 bridgehead atoms. The maximum atomic E-state index is 13.7. The van der Waals surface area contributed by atoms with Crippen molar-refractivity contribution in [1.82, 2.24) is 10.6 Å². The molecule has 0 unspecified atom stereocenters. The summed E-state index contributed by atoms with van der Waals surface area (Å²) in [4.78, 5) is 64.8. The molecule has 0 aliphatic rings. The number of hydrogen-bond donors (Lipinski definition) is 3. The Morgan fingerprint density at radius 3 is 0.956 bits per heavy atom. The summed E-state index contributed by atoms with van der Waals surface area (Å²) >= 11 is 0. The number of rotatable bonds is 91. The van der Waals surface area contributed by atoms with Crippen LogP contribution in [-0.4, -0.2) is 346 Å². The van der Waals surface area contributed by atoms with Crippen molar-refractivity contribution in [3.05, 3.63) is 29.8 Å². The van der Waals surface area contributed by atoms with Crippen LogP contribution in [-0.2, 0) is 144 Å². The molecule has 0 aliphatic heterocycles. The van der Waals surface area contributed by atoms with E-state index in [1.165, 1.54) is 0 Å². The Morgan fingerprint density at radius 2 is 0.646 bits per heavy atom. The van der Waals surface area contributed by atoms with E-state index in [4.69, 9.17) is 114 Å². The van der Waals surface area contributed by atoms with E-state index >= 15 is 0 Å². The van der Waals surface area contributed by atoms with Crippen LogP contribution in [0.5, 0.6) is 0 Å². The van der Waals surface area contributed by atoms with Gasteiger partial charge in [-0.3, -0.25) is 24.0 Å². The third kappa shape index (κ3) is 76.3. The second-order valence-corrected chi connectivity index (χ2v) is 27.0. The first-order chi connectivity index (χ1) is 55.3. The maximum Gasteiger partial charge on any atom is 0.308 e. The molecule has 32 nitrogen and oxygen atoms in total. The zero-order chi connectivity index (χ0) is 81.9. The average molecular weight is 1630 g/mol. The second kappa shape index (κ2) is 84.3. The summed E-state index contributed by atoms with van der Waals surface area (Å²) in [6, 6.07) is 6.29. The second-order valence-electron chi connectivity index (χ2n) is 27.0. The van der Waals surface area contributed by atoms with Gasteiger partial charge in [0.15, 0.2) is 5.78 Å². The number of carbonyl (C=O) groups excluding carboxylic acids is 5. The van der Waals surface area contributed by atoms with Gasteiger partial charge in [-0.2, -0.15) is 0 Å². The molecule has 0 heterocycles. The molecule has 3 amide bonds. The number of ketones is 1. The number of benzene rings is 1. The highest BCUT2D eigenvalue weighted by Gasteiger charge is 2.30. The molecule has 662 valence electrons. The lowest BCUT2D eigenvalue weighted by Crippen LogP contribution is -2.45. The van der Waals surface area contributed by atoms with Crippen LogP contribution in [0.25, 0.3) is 0 Å². The largest absolute Gasteiger partial charge is 0.461 e. The number of carbonyl (C=O) groups is 5. The molecule has 0 aromatic heterocycles. The van der Waals surface area contributed by atoms with Crippen molar-refractivity contribution >= 4 is 35.2 Å². The Hall–Kier alpha value is -4.15. The van der Waals surface area contributed by atoms with Crippen LogP contribution >= 0.6 is 0 Å². The molecule has 0 saturated heterocycles. The van der Waals surface area contributed by atoms with Gasteiger partial charge in [0.25, 0.3) is 0 Å². The molecule has 0 fully saturated rings. The fourth-order valence-electron chi connectivity index (χ4n) is 9.81. The molecule has 3 N–H and O–H groups in total. The third-order valence-electron chi connectivity index (χ3n) is 16.1. The Balaban J connectivity index is 1.82. The molecule has 2 atom stereocenters. The molecule has 1 aromatic rings. The van der Waals surface area contributed by atoms with Gasteiger partial charge in [0, 0.05) is 57.7 Å². The highest BCUT2D eigenvalue weighted by Crippen LogP contribution is 2.21. The number of amides is 3. The summed E-state index contributed by atoms with van der Waals surface area (Å²) in [5, 5.41) is 8.78. The van der Waals surface area contributed by atoms with Gasteiger partial charge >= 0.3 is 5.97 Å². The van der Waals surface area contributed by atoms with Gasteiger partial charge in [-0.25, -0.2) is 0 Å². The van der Waals surface area contributed by atoms with E-state index in [2.05, 4.69) is 29.8 Å². The predicted molar refractivity (Wildman–Crippen MR) is 424 cm³/mol. The molecule has 0 spiro atoms. The summed E-state index contributed by atoms with van der Waals surface area (Å²) in [7, 11) is 1.64. The first-order valence-electron chi connectivity index (χ1n) is 41.2. The van der Waals surface area contributed by atoms with Gasteiger partial charge in [0.2, 0.25) is 17.7 Å². The number of methoxy groups -OCH3 is 1. The molecular weight excluding hydrogens is 1480 g/mol. The van der Waals surface area contributed by atoms with Gasteiger partial charge in [-0.15, -0.1) is 0 Å². The van der Waals surface area contributed by atoms with E-state index in [1.54, 1.807) is 45.2 Å². The Bertz CT molecular complexity index is 2250. The Morgan fingerprint density at radius 1 is 0.327 bits per heavy atom. The molecule has 0 saturated carbocycles. The average Bonchev–Trinajstić information content (AvgIpc) is 0.865. The lowest BCUT2D eigenvalue weighted by molar-refractivity contribution is -0.148. The van der Waals surface area contributed by atoms with E-state index in [9.17, 15) is 24.0 Å². The summed E-state index contributed by atoms with van der Waals surface area (Å²) in [6.07, 6.45) is 6.61.